The second kappa shape index (κ2) is 4.97. The van der Waals surface area contributed by atoms with Gasteiger partial charge in [-0.1, -0.05) is 0 Å². The molecule has 0 aromatic carbocycles. The highest BCUT2D eigenvalue weighted by Gasteiger charge is 2.24. The number of rotatable bonds is 2. The minimum Gasteiger partial charge on any atom is -0.348 e. The number of likely N-dealkylation sites (N-methyl/N-ethyl adjacent to an activating group) is 1. The summed E-state index contributed by atoms with van der Waals surface area (Å²) in [6.45, 7) is 3.34. The van der Waals surface area contributed by atoms with Gasteiger partial charge >= 0.3 is 5.69 Å². The van der Waals surface area contributed by atoms with Crippen LogP contribution in [0.1, 0.15) is 0 Å². The molecule has 92 valence electrons. The second-order valence-electron chi connectivity index (χ2n) is 4.04. The summed E-state index contributed by atoms with van der Waals surface area (Å²) < 4.78 is 0.627. The first-order valence-electron chi connectivity index (χ1n) is 5.31. The van der Waals surface area contributed by atoms with Gasteiger partial charge in [-0.05, 0) is 23.0 Å². The lowest BCUT2D eigenvalue weighted by Crippen LogP contribution is -2.45. The van der Waals surface area contributed by atoms with Gasteiger partial charge in [0.2, 0.25) is 5.82 Å². The van der Waals surface area contributed by atoms with Crippen molar-refractivity contribution in [2.45, 2.75) is 0 Å². The molecule has 0 bridgehead atoms. The van der Waals surface area contributed by atoms with Crippen molar-refractivity contribution in [1.29, 1.82) is 0 Å². The first-order chi connectivity index (χ1) is 8.08. The molecule has 0 atom stereocenters. The summed E-state index contributed by atoms with van der Waals surface area (Å²) in [7, 11) is 2.04. The van der Waals surface area contributed by atoms with Crippen molar-refractivity contribution in [1.82, 2.24) is 9.88 Å². The van der Waals surface area contributed by atoms with E-state index in [0.717, 1.165) is 26.2 Å². The van der Waals surface area contributed by atoms with Gasteiger partial charge in [0, 0.05) is 42.9 Å². The SMILES string of the molecule is CN1CCN(c2ncc(Br)cc2[N+](=O)[O-])CC1. The largest absolute Gasteiger partial charge is 0.348 e. The van der Waals surface area contributed by atoms with Gasteiger partial charge < -0.3 is 9.80 Å². The number of aromatic nitrogens is 1. The first kappa shape index (κ1) is 12.3. The number of anilines is 1. The zero-order chi connectivity index (χ0) is 12.4. The summed E-state index contributed by atoms with van der Waals surface area (Å²) in [4.78, 5) is 18.9. The number of nitro groups is 1. The van der Waals surface area contributed by atoms with E-state index in [9.17, 15) is 10.1 Å². The summed E-state index contributed by atoms with van der Waals surface area (Å²) in [6, 6.07) is 1.50. The minimum atomic E-state index is -0.384. The van der Waals surface area contributed by atoms with Crippen LogP contribution in [0.4, 0.5) is 11.5 Å². The Morgan fingerprint density at radius 1 is 1.41 bits per heavy atom. The van der Waals surface area contributed by atoms with Gasteiger partial charge in [-0.2, -0.15) is 0 Å². The Hall–Kier alpha value is -1.21. The number of nitrogens with zero attached hydrogens (tertiary/aromatic N) is 4. The zero-order valence-corrected chi connectivity index (χ0v) is 11.1. The van der Waals surface area contributed by atoms with Crippen LogP contribution in [0.25, 0.3) is 0 Å². The van der Waals surface area contributed by atoms with Crippen LogP contribution in [-0.4, -0.2) is 48.0 Å². The third-order valence-electron chi connectivity index (χ3n) is 2.81. The molecule has 0 radical (unpaired) electrons. The number of halogens is 1. The summed E-state index contributed by atoms with van der Waals surface area (Å²) in [5.41, 5.74) is 0.0592. The van der Waals surface area contributed by atoms with Crippen LogP contribution in [0, 0.1) is 10.1 Å². The second-order valence-corrected chi connectivity index (χ2v) is 4.96. The molecule has 0 spiro atoms. The molecule has 2 heterocycles. The monoisotopic (exact) mass is 300 g/mol. The normalized spacial score (nSPS) is 17.2. The Labute approximate surface area is 108 Å². The van der Waals surface area contributed by atoms with E-state index in [0.29, 0.717) is 10.3 Å². The van der Waals surface area contributed by atoms with E-state index in [2.05, 4.69) is 25.8 Å². The fraction of sp³-hybridized carbons (Fsp3) is 0.500. The summed E-state index contributed by atoms with van der Waals surface area (Å²) >= 11 is 3.20. The smallest absolute Gasteiger partial charge is 0.312 e. The molecule has 2 rings (SSSR count). The van der Waals surface area contributed by atoms with Crippen LogP contribution in [0.5, 0.6) is 0 Å². The molecule has 0 N–H and O–H groups in total. The summed E-state index contributed by atoms with van der Waals surface area (Å²) in [5, 5.41) is 11.0. The van der Waals surface area contributed by atoms with Crippen LogP contribution >= 0.6 is 15.9 Å². The van der Waals surface area contributed by atoms with Crippen LogP contribution in [0.15, 0.2) is 16.7 Å². The van der Waals surface area contributed by atoms with Crippen LogP contribution in [-0.2, 0) is 0 Å². The van der Waals surface area contributed by atoms with Crippen molar-refractivity contribution >= 4 is 27.4 Å². The third kappa shape index (κ3) is 2.73. The van der Waals surface area contributed by atoms with Crippen LogP contribution in [0.3, 0.4) is 0 Å². The summed E-state index contributed by atoms with van der Waals surface area (Å²) in [5.74, 6) is 0.464. The quantitative estimate of drug-likeness (QED) is 0.612. The molecule has 1 aliphatic rings. The molecule has 0 aliphatic carbocycles. The average Bonchev–Trinajstić information content (AvgIpc) is 2.30. The Morgan fingerprint density at radius 2 is 2.06 bits per heavy atom. The molecule has 1 saturated heterocycles. The maximum absolute atomic E-state index is 11.0. The lowest BCUT2D eigenvalue weighted by atomic mass is 10.3. The maximum Gasteiger partial charge on any atom is 0.312 e. The van der Waals surface area contributed by atoms with E-state index >= 15 is 0 Å². The molecule has 17 heavy (non-hydrogen) atoms. The Morgan fingerprint density at radius 3 is 2.65 bits per heavy atom. The first-order valence-corrected chi connectivity index (χ1v) is 6.10. The molecule has 1 aliphatic heterocycles. The zero-order valence-electron chi connectivity index (χ0n) is 9.47. The van der Waals surface area contributed by atoms with Crippen molar-refractivity contribution in [3.63, 3.8) is 0 Å². The van der Waals surface area contributed by atoms with Gasteiger partial charge in [-0.25, -0.2) is 4.98 Å². The van der Waals surface area contributed by atoms with Gasteiger partial charge in [0.25, 0.3) is 0 Å². The number of pyridine rings is 1. The molecule has 1 fully saturated rings. The van der Waals surface area contributed by atoms with Gasteiger partial charge in [0.15, 0.2) is 0 Å². The van der Waals surface area contributed by atoms with E-state index in [1.54, 1.807) is 6.20 Å². The molecular formula is C10H13BrN4O2. The van der Waals surface area contributed by atoms with E-state index in [-0.39, 0.29) is 10.6 Å². The third-order valence-corrected chi connectivity index (χ3v) is 3.25. The van der Waals surface area contributed by atoms with Crippen LogP contribution < -0.4 is 4.90 Å². The topological polar surface area (TPSA) is 62.5 Å². The molecule has 0 unspecified atom stereocenters. The van der Waals surface area contributed by atoms with Gasteiger partial charge in [-0.15, -0.1) is 0 Å². The number of hydrogen-bond acceptors (Lipinski definition) is 5. The average molecular weight is 301 g/mol. The molecule has 0 saturated carbocycles. The highest BCUT2D eigenvalue weighted by molar-refractivity contribution is 9.10. The van der Waals surface area contributed by atoms with Gasteiger partial charge in [0.05, 0.1) is 4.92 Å². The maximum atomic E-state index is 11.0. The minimum absolute atomic E-state index is 0.0592. The van der Waals surface area contributed by atoms with E-state index in [1.165, 1.54) is 6.07 Å². The van der Waals surface area contributed by atoms with E-state index < -0.39 is 0 Å². The molecule has 0 amide bonds. The number of hydrogen-bond donors (Lipinski definition) is 0. The molecular weight excluding hydrogens is 288 g/mol. The number of piperazine rings is 1. The van der Waals surface area contributed by atoms with Crippen molar-refractivity contribution in [2.75, 3.05) is 38.1 Å². The summed E-state index contributed by atoms with van der Waals surface area (Å²) in [6.07, 6.45) is 1.60. The lowest BCUT2D eigenvalue weighted by molar-refractivity contribution is -0.384. The molecule has 1 aromatic rings. The highest BCUT2D eigenvalue weighted by atomic mass is 79.9. The van der Waals surface area contributed by atoms with Gasteiger partial charge in [-0.3, -0.25) is 10.1 Å². The Balaban J connectivity index is 2.28. The van der Waals surface area contributed by atoms with Crippen LogP contribution in [0.2, 0.25) is 0 Å². The van der Waals surface area contributed by atoms with Crippen molar-refractivity contribution < 1.29 is 4.92 Å². The van der Waals surface area contributed by atoms with E-state index in [1.807, 2.05) is 11.9 Å². The molecule has 6 nitrogen and oxygen atoms in total. The highest BCUT2D eigenvalue weighted by Crippen LogP contribution is 2.28. The fourth-order valence-electron chi connectivity index (χ4n) is 1.82. The Bertz CT molecular complexity index is 432. The predicted molar refractivity (Wildman–Crippen MR) is 68.3 cm³/mol. The fourth-order valence-corrected chi connectivity index (χ4v) is 2.14. The van der Waals surface area contributed by atoms with Crippen molar-refractivity contribution in [3.05, 3.63) is 26.9 Å². The van der Waals surface area contributed by atoms with Crippen molar-refractivity contribution in [2.24, 2.45) is 0 Å². The predicted octanol–water partition coefficient (Wildman–Crippen LogP) is 1.50. The molecule has 1 aromatic heterocycles. The van der Waals surface area contributed by atoms with Crippen molar-refractivity contribution in [3.8, 4) is 0 Å². The standard InChI is InChI=1S/C10H13BrN4O2/c1-13-2-4-14(5-3-13)10-9(15(16)17)6-8(11)7-12-10/h6-7H,2-5H2,1H3. The Kier molecular flexibility index (Phi) is 3.58. The molecule has 7 heteroatoms. The van der Waals surface area contributed by atoms with E-state index in [4.69, 9.17) is 0 Å². The van der Waals surface area contributed by atoms with Gasteiger partial charge in [0.1, 0.15) is 0 Å². The lowest BCUT2D eigenvalue weighted by Gasteiger charge is -2.32.